The van der Waals surface area contributed by atoms with Gasteiger partial charge in [-0.25, -0.2) is 0 Å². The molecule has 0 amide bonds. The number of Topliss-reactive ketones (excluding diaryl/α,β-unsaturated/α-hetero) is 15. The summed E-state index contributed by atoms with van der Waals surface area (Å²) in [6.07, 6.45) is -1.47. The fraction of sp³-hybridized carbons (Fsp3) is 0.783. The van der Waals surface area contributed by atoms with E-state index in [1.165, 1.54) is 34.6 Å². The van der Waals surface area contributed by atoms with Crippen molar-refractivity contribution >= 4 is 126 Å². The molecular weight excluding hydrogens is 1560 g/mol. The third-order valence-electron chi connectivity index (χ3n) is 15.7. The first kappa shape index (κ1) is 108. The van der Waals surface area contributed by atoms with E-state index >= 15 is 0 Å². The summed E-state index contributed by atoms with van der Waals surface area (Å²) in [7, 11) is -23.6. The van der Waals surface area contributed by atoms with Crippen molar-refractivity contribution < 1.29 is 169 Å². The van der Waals surface area contributed by atoms with Gasteiger partial charge in [-0.1, -0.05) is 6.42 Å². The second-order valence-electron chi connectivity index (χ2n) is 26.3. The van der Waals surface area contributed by atoms with Crippen molar-refractivity contribution in [3.63, 3.8) is 0 Å². The van der Waals surface area contributed by atoms with Crippen molar-refractivity contribution in [1.82, 2.24) is 0 Å². The van der Waals surface area contributed by atoms with Gasteiger partial charge in [0.05, 0.1) is 98.2 Å². The van der Waals surface area contributed by atoms with Crippen LogP contribution in [0.5, 0.6) is 0 Å². The van der Waals surface area contributed by atoms with Crippen molar-refractivity contribution in [2.75, 3.05) is 92.1 Å². The van der Waals surface area contributed by atoms with E-state index < -0.39 is 188 Å². The fourth-order valence-electron chi connectivity index (χ4n) is 9.82. The fourth-order valence-corrected chi connectivity index (χ4v) is 13.9. The van der Waals surface area contributed by atoms with Gasteiger partial charge in [-0.05, 0) is 124 Å². The maximum absolute atomic E-state index is 12.4. The lowest BCUT2D eigenvalue weighted by Crippen LogP contribution is -2.29. The first-order chi connectivity index (χ1) is 51.3. The van der Waals surface area contributed by atoms with Gasteiger partial charge >= 0.3 is 0 Å². The molecule has 0 aliphatic rings. The van der Waals surface area contributed by atoms with E-state index in [9.17, 15) is 119 Å². The number of hydrogen-bond donors (Lipinski definition) is 0. The van der Waals surface area contributed by atoms with E-state index in [1.54, 1.807) is 6.92 Å². The van der Waals surface area contributed by atoms with Crippen molar-refractivity contribution in [1.29, 1.82) is 0 Å². The molecule has 0 radical (unpaired) electrons. The maximum atomic E-state index is 12.4. The molecule has 6 unspecified atom stereocenters. The Morgan fingerprint density at radius 1 is 0.291 bits per heavy atom. The summed E-state index contributed by atoms with van der Waals surface area (Å²) >= 11 is 0. The van der Waals surface area contributed by atoms with Crippen LogP contribution in [-0.2, 0) is 145 Å². The van der Waals surface area contributed by atoms with Gasteiger partial charge in [-0.15, -0.1) is 0 Å². The molecule has 0 saturated heterocycles. The van der Waals surface area contributed by atoms with Crippen LogP contribution >= 0.6 is 38.9 Å². The number of carbonyl (C=O) groups is 15. The van der Waals surface area contributed by atoms with Crippen molar-refractivity contribution in [2.24, 2.45) is 11.3 Å². The van der Waals surface area contributed by atoms with E-state index in [0.717, 1.165) is 0 Å². The number of unbranched alkanes of at least 4 members (excludes halogenated alkanes) is 1. The lowest BCUT2D eigenvalue weighted by Gasteiger charge is -2.35. The topological polar surface area (TPSA) is 558 Å². The second kappa shape index (κ2) is 61.0. The van der Waals surface area contributed by atoms with Gasteiger partial charge in [0.25, 0.3) is 31.3 Å². The Morgan fingerprint density at radius 2 is 0.527 bits per heavy atom. The summed E-state index contributed by atoms with van der Waals surface area (Å²) in [5.74, 6) is -5.85. The molecule has 0 heterocycles. The van der Waals surface area contributed by atoms with Gasteiger partial charge in [0.2, 0.25) is 0 Å². The standard InChI is InChI=1S/C40H67O22P3.C29H50O14P2/c1-5-56-30-40(18-6-21-57-63(50,51)60-24-15-37(47)27-34(44)12-9-31(2)41,19-7-22-58-64(52,53)61-25-16-38(48)28-35(45)13-10-32(3)42)20-8-23-59-65(54,55)62-26-17-39(49)29-36(46)14-11-33(4)43;1-4-40-22-25(8-5-6-19-44(36,37)41-17-14-28(34)20-26(32)12-10-23(2)30)9-7-16-42-45(38,39)43-18-15-29(35)21-27(33)13-11-24(3)31/h5-30H2,1-4H3,(H,50,51)(H,52,53)(H,54,55);25H,4-22H2,1-3H3,(H,36,37)(H,38,39)/p-5. The third-order valence-corrected chi connectivity index (χ3v) is 21.1. The maximum Gasteiger partial charge on any atom is 0.267 e. The van der Waals surface area contributed by atoms with Crippen LogP contribution < -0.4 is 24.5 Å². The molecular formula is C69H112O36P5-5. The summed E-state index contributed by atoms with van der Waals surface area (Å²) in [4.78, 5) is 235. The Labute approximate surface area is 643 Å². The van der Waals surface area contributed by atoms with Crippen molar-refractivity contribution in [3.05, 3.63) is 0 Å². The highest BCUT2D eigenvalue weighted by Gasteiger charge is 2.31. The lowest BCUT2D eigenvalue weighted by molar-refractivity contribution is -0.227. The van der Waals surface area contributed by atoms with Gasteiger partial charge in [0, 0.05) is 122 Å². The lowest BCUT2D eigenvalue weighted by atomic mass is 9.76. The molecule has 0 spiro atoms. The Hall–Kier alpha value is -4.44. The molecule has 0 aromatic rings. The first-order valence-electron chi connectivity index (χ1n) is 36.5. The van der Waals surface area contributed by atoms with Crippen LogP contribution in [0.1, 0.15) is 248 Å². The van der Waals surface area contributed by atoms with Crippen LogP contribution in [0, 0.1) is 11.3 Å². The predicted octanol–water partition coefficient (Wildman–Crippen LogP) is 6.95. The number of phosphoric acid groups is 4. The Bertz CT molecular complexity index is 2920. The van der Waals surface area contributed by atoms with E-state index in [1.807, 2.05) is 6.92 Å². The second-order valence-corrected chi connectivity index (χ2v) is 33.8. The third kappa shape index (κ3) is 66.9. The number of rotatable bonds is 76. The minimum atomic E-state index is -4.92. The molecule has 0 aromatic heterocycles. The van der Waals surface area contributed by atoms with Gasteiger partial charge in [0.15, 0.2) is 0 Å². The molecule has 36 nitrogen and oxygen atoms in total. The number of ketones is 15. The summed E-state index contributed by atoms with van der Waals surface area (Å²) < 4.78 is 116. The zero-order valence-electron chi connectivity index (χ0n) is 64.3. The Balaban J connectivity index is 0. The van der Waals surface area contributed by atoms with E-state index in [2.05, 4.69) is 0 Å². The highest BCUT2D eigenvalue weighted by Crippen LogP contribution is 2.45. The molecule has 110 heavy (non-hydrogen) atoms. The van der Waals surface area contributed by atoms with E-state index in [4.69, 9.17) is 50.2 Å². The van der Waals surface area contributed by atoms with Crippen LogP contribution in [0.4, 0.5) is 0 Å². The largest absolute Gasteiger partial charge is 0.778 e. The van der Waals surface area contributed by atoms with Crippen LogP contribution in [-0.4, -0.2) is 179 Å². The molecule has 0 bridgehead atoms. The zero-order valence-corrected chi connectivity index (χ0v) is 68.8. The molecule has 41 heteroatoms. The smallest absolute Gasteiger partial charge is 0.267 e. The van der Waals surface area contributed by atoms with Crippen molar-refractivity contribution in [3.8, 4) is 0 Å². The van der Waals surface area contributed by atoms with Crippen LogP contribution in [0.2, 0.25) is 0 Å². The molecule has 0 N–H and O–H groups in total. The highest BCUT2D eigenvalue weighted by molar-refractivity contribution is 7.51. The molecule has 6 atom stereocenters. The van der Waals surface area contributed by atoms with E-state index in [-0.39, 0.29) is 195 Å². The number of ether oxygens (including phenoxy) is 2. The summed E-state index contributed by atoms with van der Waals surface area (Å²) in [5.41, 5.74) is -0.884. The van der Waals surface area contributed by atoms with Crippen molar-refractivity contribution in [2.45, 2.75) is 248 Å². The van der Waals surface area contributed by atoms with Gasteiger partial charge < -0.3 is 103 Å². The zero-order chi connectivity index (χ0) is 83.8. The minimum absolute atomic E-state index is 0.0155. The first-order valence-corrected chi connectivity index (χ1v) is 44.1. The molecule has 0 aromatic carbocycles. The SMILES string of the molecule is CCOCC(CCCCP(=O)([O-])OCCC(=O)CC(=O)CCC(C)=O)CCCOP(=O)([O-])OCCC(=O)CC(=O)CCC(C)=O.CCOCC(CCCOP(=O)([O-])OCCC(=O)CC(=O)CCC(C)=O)(CCCOP(=O)([O-])OCCC(=O)CC(=O)CCC(C)=O)CCCOP(=O)([O-])OCCC(=O)CC(=O)CCC(C)=O. The summed E-state index contributed by atoms with van der Waals surface area (Å²) in [5, 5.41) is 0. The van der Waals surface area contributed by atoms with Crippen LogP contribution in [0.15, 0.2) is 0 Å². The quantitative estimate of drug-likeness (QED) is 0.0337. The molecule has 0 saturated carbocycles. The summed E-state index contributed by atoms with van der Waals surface area (Å²) in [6, 6.07) is 0. The Kier molecular flexibility index (Phi) is 59.7. The number of hydrogen-bond acceptors (Lipinski definition) is 36. The molecule has 0 rings (SSSR count). The monoisotopic (exact) mass is 1670 g/mol. The average molecular weight is 1670 g/mol. The highest BCUT2D eigenvalue weighted by atomic mass is 31.2. The number of phosphoric ester groups is 4. The van der Waals surface area contributed by atoms with Gasteiger partial charge in [-0.3, -0.25) is 66.2 Å². The van der Waals surface area contributed by atoms with Crippen LogP contribution in [0.25, 0.3) is 0 Å². The Morgan fingerprint density at radius 3 is 0.791 bits per heavy atom. The average Bonchev–Trinajstić information content (AvgIpc) is 0.860. The number of carbonyl (C=O) groups excluding carboxylic acids is 15. The molecule has 0 aliphatic heterocycles. The predicted molar refractivity (Wildman–Crippen MR) is 382 cm³/mol. The van der Waals surface area contributed by atoms with Gasteiger partial charge in [0.1, 0.15) is 94.3 Å². The van der Waals surface area contributed by atoms with E-state index in [0.29, 0.717) is 45.3 Å². The molecule has 634 valence electrons. The summed E-state index contributed by atoms with van der Waals surface area (Å²) in [6.45, 7) is 7.28. The molecule has 0 aliphatic carbocycles. The van der Waals surface area contributed by atoms with Gasteiger partial charge in [-0.2, -0.15) is 0 Å². The van der Waals surface area contributed by atoms with Crippen LogP contribution in [0.3, 0.4) is 0 Å². The molecule has 0 fully saturated rings. The minimum Gasteiger partial charge on any atom is -0.778 e. The normalized spacial score (nSPS) is 15.0.